The van der Waals surface area contributed by atoms with E-state index in [4.69, 9.17) is 0 Å². The lowest BCUT2D eigenvalue weighted by molar-refractivity contribution is 0.903. The summed E-state index contributed by atoms with van der Waals surface area (Å²) in [6.07, 6.45) is 9.48. The van der Waals surface area contributed by atoms with E-state index in [1.54, 1.807) is 11.1 Å². The van der Waals surface area contributed by atoms with Gasteiger partial charge >= 0.3 is 0 Å². The fourth-order valence-corrected chi connectivity index (χ4v) is 2.44. The first-order valence-electron chi connectivity index (χ1n) is 6.27. The molecule has 0 saturated heterocycles. The Balaban J connectivity index is 2.44. The Hall–Kier alpha value is -1.30. The fraction of sp³-hybridized carbons (Fsp3) is 0.375. The summed E-state index contributed by atoms with van der Waals surface area (Å²) in [4.78, 5) is 0. The second-order valence-corrected chi connectivity index (χ2v) is 4.51. The van der Waals surface area contributed by atoms with Gasteiger partial charge in [-0.1, -0.05) is 49.8 Å². The van der Waals surface area contributed by atoms with Crippen LogP contribution in [0.25, 0.3) is 5.57 Å². The van der Waals surface area contributed by atoms with Crippen molar-refractivity contribution in [1.29, 1.82) is 0 Å². The topological polar surface area (TPSA) is 0 Å². The van der Waals surface area contributed by atoms with Gasteiger partial charge in [0.05, 0.1) is 0 Å². The summed E-state index contributed by atoms with van der Waals surface area (Å²) in [6.45, 7) is 4.47. The Morgan fingerprint density at radius 2 is 2.00 bits per heavy atom. The largest absolute Gasteiger partial charge is 0.0839 e. The number of rotatable bonds is 3. The Morgan fingerprint density at radius 1 is 1.19 bits per heavy atom. The molecule has 16 heavy (non-hydrogen) atoms. The van der Waals surface area contributed by atoms with E-state index >= 15 is 0 Å². The van der Waals surface area contributed by atoms with E-state index in [0.29, 0.717) is 0 Å². The first kappa shape index (κ1) is 11.2. The Bertz CT molecular complexity index is 421. The zero-order chi connectivity index (χ0) is 11.4. The maximum atomic E-state index is 2.33. The highest BCUT2D eigenvalue weighted by Crippen LogP contribution is 2.32. The summed E-state index contributed by atoms with van der Waals surface area (Å²) in [5, 5.41) is 0. The summed E-state index contributed by atoms with van der Waals surface area (Å²) in [5.74, 6) is 0. The van der Waals surface area contributed by atoms with E-state index in [0.717, 1.165) is 0 Å². The van der Waals surface area contributed by atoms with Crippen LogP contribution in [-0.2, 0) is 0 Å². The van der Waals surface area contributed by atoms with E-state index < -0.39 is 0 Å². The molecule has 0 heterocycles. The van der Waals surface area contributed by atoms with Gasteiger partial charge in [-0.15, -0.1) is 0 Å². The third-order valence-electron chi connectivity index (χ3n) is 3.26. The minimum absolute atomic E-state index is 1.19. The van der Waals surface area contributed by atoms with Gasteiger partial charge in [0.1, 0.15) is 0 Å². The first-order chi connectivity index (χ1) is 7.83. The van der Waals surface area contributed by atoms with Crippen molar-refractivity contribution in [3.63, 3.8) is 0 Å². The molecular weight excluding hydrogens is 192 g/mol. The minimum Gasteiger partial charge on any atom is -0.0839 e. The molecule has 0 heteroatoms. The van der Waals surface area contributed by atoms with Gasteiger partial charge in [-0.25, -0.2) is 0 Å². The lowest BCUT2D eigenvalue weighted by Crippen LogP contribution is -1.97. The van der Waals surface area contributed by atoms with Crippen LogP contribution in [0.4, 0.5) is 0 Å². The highest BCUT2D eigenvalue weighted by molar-refractivity contribution is 5.74. The molecule has 0 N–H and O–H groups in total. The third-order valence-corrected chi connectivity index (χ3v) is 3.26. The van der Waals surface area contributed by atoms with Crippen molar-refractivity contribution in [3.8, 4) is 0 Å². The van der Waals surface area contributed by atoms with Gasteiger partial charge < -0.3 is 0 Å². The molecule has 0 amide bonds. The molecule has 0 fully saturated rings. The van der Waals surface area contributed by atoms with Crippen LogP contribution in [0.5, 0.6) is 0 Å². The molecule has 0 atom stereocenters. The van der Waals surface area contributed by atoms with Gasteiger partial charge in [0, 0.05) is 0 Å². The van der Waals surface area contributed by atoms with Crippen LogP contribution < -0.4 is 0 Å². The molecule has 0 radical (unpaired) electrons. The highest BCUT2D eigenvalue weighted by Gasteiger charge is 2.11. The van der Waals surface area contributed by atoms with E-state index in [9.17, 15) is 0 Å². The van der Waals surface area contributed by atoms with Crippen molar-refractivity contribution in [2.75, 3.05) is 0 Å². The molecule has 84 valence electrons. The maximum absolute atomic E-state index is 2.33. The number of hydrogen-bond donors (Lipinski definition) is 0. The van der Waals surface area contributed by atoms with E-state index in [2.05, 4.69) is 50.3 Å². The predicted octanol–water partition coefficient (Wildman–Crippen LogP) is 4.90. The Kier molecular flexibility index (Phi) is 3.61. The summed E-state index contributed by atoms with van der Waals surface area (Å²) in [5.41, 5.74) is 5.97. The molecule has 1 aliphatic rings. The van der Waals surface area contributed by atoms with E-state index in [1.807, 2.05) is 0 Å². The molecule has 0 nitrogen and oxygen atoms in total. The molecule has 0 spiro atoms. The minimum atomic E-state index is 1.19. The average Bonchev–Trinajstić information content (AvgIpc) is 2.31. The van der Waals surface area contributed by atoms with Crippen LogP contribution in [0.1, 0.15) is 43.7 Å². The van der Waals surface area contributed by atoms with Crippen LogP contribution in [0.3, 0.4) is 0 Å². The van der Waals surface area contributed by atoms with Crippen molar-refractivity contribution >= 4 is 5.57 Å². The number of allylic oxidation sites excluding steroid dienone is 4. The van der Waals surface area contributed by atoms with Crippen molar-refractivity contribution in [2.24, 2.45) is 0 Å². The molecule has 0 aromatic heterocycles. The van der Waals surface area contributed by atoms with Crippen molar-refractivity contribution < 1.29 is 0 Å². The zero-order valence-corrected chi connectivity index (χ0v) is 10.3. The first-order valence-corrected chi connectivity index (χ1v) is 6.27. The highest BCUT2D eigenvalue weighted by atomic mass is 14.2. The van der Waals surface area contributed by atoms with Crippen molar-refractivity contribution in [2.45, 2.75) is 39.5 Å². The Labute approximate surface area is 98.7 Å². The molecule has 0 saturated carbocycles. The van der Waals surface area contributed by atoms with Crippen LogP contribution in [0.15, 0.2) is 42.0 Å². The fourth-order valence-electron chi connectivity index (χ4n) is 2.44. The number of aryl methyl sites for hydroxylation is 1. The molecule has 1 aromatic rings. The molecule has 1 aliphatic carbocycles. The van der Waals surface area contributed by atoms with Gasteiger partial charge in [-0.05, 0) is 48.5 Å². The van der Waals surface area contributed by atoms with Gasteiger partial charge in [-0.3, -0.25) is 0 Å². The third kappa shape index (κ3) is 2.27. The predicted molar refractivity (Wildman–Crippen MR) is 71.4 cm³/mol. The quantitative estimate of drug-likeness (QED) is 0.668. The van der Waals surface area contributed by atoms with Crippen LogP contribution in [-0.4, -0.2) is 0 Å². The Morgan fingerprint density at radius 3 is 2.75 bits per heavy atom. The lowest BCUT2D eigenvalue weighted by Gasteiger charge is -2.17. The number of benzene rings is 1. The van der Waals surface area contributed by atoms with Crippen molar-refractivity contribution in [3.05, 3.63) is 53.1 Å². The van der Waals surface area contributed by atoms with E-state index in [1.165, 1.54) is 36.8 Å². The summed E-state index contributed by atoms with van der Waals surface area (Å²) in [6, 6.07) is 8.75. The molecule has 1 aromatic carbocycles. The van der Waals surface area contributed by atoms with Crippen LogP contribution in [0.2, 0.25) is 0 Å². The molecule has 0 unspecified atom stereocenters. The van der Waals surface area contributed by atoms with Gasteiger partial charge in [0.2, 0.25) is 0 Å². The summed E-state index contributed by atoms with van der Waals surface area (Å²) in [7, 11) is 0. The second kappa shape index (κ2) is 5.16. The molecule has 0 aliphatic heterocycles. The van der Waals surface area contributed by atoms with Crippen LogP contribution >= 0.6 is 0 Å². The summed E-state index contributed by atoms with van der Waals surface area (Å²) < 4.78 is 0. The standard InChI is InChI=1S/C16H20/c1-3-8-14-10-5-7-12-16(14)15-11-6-4-9-13(15)2/h4-6,9-11H,3,7-8,12H2,1-2H3. The smallest absolute Gasteiger partial charge is 0.0192 e. The van der Waals surface area contributed by atoms with Gasteiger partial charge in [0.25, 0.3) is 0 Å². The van der Waals surface area contributed by atoms with Crippen molar-refractivity contribution in [1.82, 2.24) is 0 Å². The average molecular weight is 212 g/mol. The lowest BCUT2D eigenvalue weighted by atomic mass is 9.88. The van der Waals surface area contributed by atoms with Gasteiger partial charge in [-0.2, -0.15) is 0 Å². The maximum Gasteiger partial charge on any atom is -0.0192 e. The van der Waals surface area contributed by atoms with E-state index in [-0.39, 0.29) is 0 Å². The summed E-state index contributed by atoms with van der Waals surface area (Å²) >= 11 is 0. The molecular formula is C16H20. The molecule has 0 bridgehead atoms. The number of hydrogen-bond acceptors (Lipinski definition) is 0. The zero-order valence-electron chi connectivity index (χ0n) is 10.3. The normalized spacial score (nSPS) is 15.6. The molecule has 2 rings (SSSR count). The van der Waals surface area contributed by atoms with Gasteiger partial charge in [0.15, 0.2) is 0 Å². The second-order valence-electron chi connectivity index (χ2n) is 4.51. The monoisotopic (exact) mass is 212 g/mol. The SMILES string of the molecule is CCCC1=C(c2ccccc2C)CCC=C1. The van der Waals surface area contributed by atoms with Crippen LogP contribution in [0, 0.1) is 6.92 Å².